The van der Waals surface area contributed by atoms with Crippen molar-refractivity contribution in [2.24, 2.45) is 13.0 Å². The van der Waals surface area contributed by atoms with E-state index in [0.29, 0.717) is 0 Å². The zero-order chi connectivity index (χ0) is 14.2. The second-order valence-electron chi connectivity index (χ2n) is 4.74. The van der Waals surface area contributed by atoms with Crippen LogP contribution in [0.15, 0.2) is 11.4 Å². The molecule has 2 heterocycles. The van der Waals surface area contributed by atoms with Crippen molar-refractivity contribution in [2.75, 3.05) is 6.54 Å². The molecule has 1 saturated heterocycles. The van der Waals surface area contributed by atoms with Crippen LogP contribution in [0.3, 0.4) is 0 Å². The van der Waals surface area contributed by atoms with Crippen LogP contribution in [-0.4, -0.2) is 34.7 Å². The summed E-state index contributed by atoms with van der Waals surface area (Å²) in [4.78, 5) is 15.7. The van der Waals surface area contributed by atoms with Crippen LogP contribution in [0.4, 0.5) is 0 Å². The van der Waals surface area contributed by atoms with Crippen LogP contribution in [0.2, 0.25) is 5.15 Å². The first-order valence-corrected chi connectivity index (χ1v) is 7.92. The maximum atomic E-state index is 12.4. The number of nitrogens with zero attached hydrogens (tertiary/aromatic N) is 3. The lowest BCUT2D eigenvalue weighted by Crippen LogP contribution is -2.33. The fourth-order valence-electron chi connectivity index (χ4n) is 2.25. The van der Waals surface area contributed by atoms with Crippen molar-refractivity contribution in [2.45, 2.75) is 31.2 Å². The number of aryl methyl sites for hydroxylation is 1. The van der Waals surface area contributed by atoms with E-state index in [-0.39, 0.29) is 35.0 Å². The largest absolute Gasteiger partial charge is 0.324 e. The lowest BCUT2D eigenvalue weighted by atomic mass is 10.0. The van der Waals surface area contributed by atoms with E-state index < -0.39 is 10.0 Å². The van der Waals surface area contributed by atoms with Gasteiger partial charge in [-0.25, -0.2) is 9.29 Å². The lowest BCUT2D eigenvalue weighted by molar-refractivity contribution is -0.123. The number of rotatable bonds is 4. The second kappa shape index (κ2) is 5.13. The van der Waals surface area contributed by atoms with Crippen LogP contribution < -0.4 is 0 Å². The zero-order valence-electron chi connectivity index (χ0n) is 10.8. The number of carbonyl (C=O) groups is 1. The van der Waals surface area contributed by atoms with E-state index in [1.165, 1.54) is 10.9 Å². The topological polar surface area (TPSA) is 72.3 Å². The molecule has 106 valence electrons. The van der Waals surface area contributed by atoms with Crippen LogP contribution in [0.25, 0.3) is 0 Å². The summed E-state index contributed by atoms with van der Waals surface area (Å²) >= 11 is 5.90. The van der Waals surface area contributed by atoms with Gasteiger partial charge >= 0.3 is 0 Å². The Kier molecular flexibility index (Phi) is 3.87. The summed E-state index contributed by atoms with van der Waals surface area (Å²) in [7, 11) is -2.33. The fraction of sp³-hybridized carbons (Fsp3) is 0.636. The van der Waals surface area contributed by atoms with E-state index in [2.05, 4.69) is 4.98 Å². The van der Waals surface area contributed by atoms with Crippen molar-refractivity contribution in [3.63, 3.8) is 0 Å². The molecule has 1 unspecified atom stereocenters. The Balaban J connectivity index is 2.31. The number of sulfonamides is 1. The first-order chi connectivity index (χ1) is 8.87. The highest BCUT2D eigenvalue weighted by molar-refractivity contribution is 7.89. The highest BCUT2D eigenvalue weighted by atomic mass is 35.5. The van der Waals surface area contributed by atoms with Crippen LogP contribution in [-0.2, 0) is 21.9 Å². The molecule has 1 amide bonds. The molecule has 1 aliphatic heterocycles. The van der Waals surface area contributed by atoms with Gasteiger partial charge in [0.25, 0.3) is 10.0 Å². The van der Waals surface area contributed by atoms with Gasteiger partial charge in [-0.15, -0.1) is 0 Å². The first kappa shape index (κ1) is 14.3. The molecule has 0 bridgehead atoms. The molecule has 2 rings (SSSR count). The van der Waals surface area contributed by atoms with Gasteiger partial charge in [-0.05, 0) is 12.3 Å². The van der Waals surface area contributed by atoms with E-state index in [4.69, 9.17) is 11.6 Å². The van der Waals surface area contributed by atoms with Crippen LogP contribution >= 0.6 is 11.6 Å². The molecule has 0 radical (unpaired) electrons. The van der Waals surface area contributed by atoms with Crippen molar-refractivity contribution in [1.82, 2.24) is 13.9 Å². The summed E-state index contributed by atoms with van der Waals surface area (Å²) in [6.45, 7) is 2.24. The Morgan fingerprint density at radius 3 is 2.74 bits per heavy atom. The van der Waals surface area contributed by atoms with Gasteiger partial charge in [0, 0.05) is 20.0 Å². The summed E-state index contributed by atoms with van der Waals surface area (Å²) in [6.07, 6.45) is 3.36. The minimum Gasteiger partial charge on any atom is -0.324 e. The van der Waals surface area contributed by atoms with Gasteiger partial charge in [0.2, 0.25) is 10.9 Å². The number of aromatic nitrogens is 2. The normalized spacial score (nSPS) is 20.3. The molecule has 1 fully saturated rings. The number of imidazole rings is 1. The molecule has 0 spiro atoms. The molecule has 0 aromatic carbocycles. The highest BCUT2D eigenvalue weighted by Gasteiger charge is 2.40. The Labute approximate surface area is 117 Å². The summed E-state index contributed by atoms with van der Waals surface area (Å²) < 4.78 is 27.1. The van der Waals surface area contributed by atoms with Gasteiger partial charge in [-0.3, -0.25) is 4.79 Å². The number of halogens is 1. The average Bonchev–Trinajstić information content (AvgIpc) is 2.85. The SMILES string of the molecule is CCCC1CC(=O)N(S(=O)(=O)c2ncn(C)c2Cl)C1. The number of hydrogen-bond acceptors (Lipinski definition) is 4. The molecule has 1 aliphatic rings. The Bertz CT molecular complexity index is 596. The average molecular weight is 306 g/mol. The predicted octanol–water partition coefficient (Wildman–Crippen LogP) is 1.41. The number of hydrogen-bond donors (Lipinski definition) is 0. The van der Waals surface area contributed by atoms with Crippen LogP contribution in [0.5, 0.6) is 0 Å². The standard InChI is InChI=1S/C11H16ClN3O3S/c1-3-4-8-5-9(16)15(6-8)19(17,18)11-10(12)14(2)7-13-11/h7-8H,3-6H2,1-2H3. The zero-order valence-corrected chi connectivity index (χ0v) is 12.4. The maximum absolute atomic E-state index is 12.4. The third kappa shape index (κ3) is 2.49. The lowest BCUT2D eigenvalue weighted by Gasteiger charge is -2.15. The van der Waals surface area contributed by atoms with E-state index >= 15 is 0 Å². The Morgan fingerprint density at radius 2 is 2.21 bits per heavy atom. The Morgan fingerprint density at radius 1 is 1.53 bits per heavy atom. The minimum atomic E-state index is -3.93. The van der Waals surface area contributed by atoms with Crippen molar-refractivity contribution < 1.29 is 13.2 Å². The molecule has 1 aromatic rings. The molecule has 6 nitrogen and oxygen atoms in total. The molecule has 0 N–H and O–H groups in total. The quantitative estimate of drug-likeness (QED) is 0.843. The molecule has 19 heavy (non-hydrogen) atoms. The smallest absolute Gasteiger partial charge is 0.287 e. The molecule has 8 heteroatoms. The fourth-order valence-corrected chi connectivity index (χ4v) is 4.14. The summed E-state index contributed by atoms with van der Waals surface area (Å²) in [5.41, 5.74) is 0. The van der Waals surface area contributed by atoms with E-state index in [0.717, 1.165) is 17.1 Å². The van der Waals surface area contributed by atoms with Gasteiger partial charge in [-0.2, -0.15) is 8.42 Å². The van der Waals surface area contributed by atoms with Gasteiger partial charge in [0.05, 0.1) is 6.33 Å². The van der Waals surface area contributed by atoms with Gasteiger partial charge in [0.15, 0.2) is 0 Å². The summed E-state index contributed by atoms with van der Waals surface area (Å²) in [6, 6.07) is 0. The second-order valence-corrected chi connectivity index (χ2v) is 6.88. The number of amides is 1. The van der Waals surface area contributed by atoms with E-state index in [1.54, 1.807) is 7.05 Å². The molecule has 0 aliphatic carbocycles. The third-order valence-electron chi connectivity index (χ3n) is 3.23. The molecular weight excluding hydrogens is 290 g/mol. The van der Waals surface area contributed by atoms with Gasteiger partial charge in [-0.1, -0.05) is 24.9 Å². The van der Waals surface area contributed by atoms with Crippen molar-refractivity contribution >= 4 is 27.5 Å². The van der Waals surface area contributed by atoms with Crippen molar-refractivity contribution in [3.05, 3.63) is 11.5 Å². The van der Waals surface area contributed by atoms with Crippen LogP contribution in [0.1, 0.15) is 26.2 Å². The molecule has 0 saturated carbocycles. The summed E-state index contributed by atoms with van der Waals surface area (Å²) in [5, 5.41) is -0.228. The minimum absolute atomic E-state index is 0.0201. The van der Waals surface area contributed by atoms with Crippen LogP contribution in [0, 0.1) is 5.92 Å². The summed E-state index contributed by atoms with van der Waals surface area (Å²) in [5.74, 6) is -0.282. The van der Waals surface area contributed by atoms with Crippen molar-refractivity contribution in [3.8, 4) is 0 Å². The molecular formula is C11H16ClN3O3S. The maximum Gasteiger partial charge on any atom is 0.287 e. The third-order valence-corrected chi connectivity index (χ3v) is 5.51. The predicted molar refractivity (Wildman–Crippen MR) is 70.1 cm³/mol. The molecule has 1 atom stereocenters. The molecule has 1 aromatic heterocycles. The van der Waals surface area contributed by atoms with E-state index in [1.807, 2.05) is 6.92 Å². The van der Waals surface area contributed by atoms with Crippen molar-refractivity contribution in [1.29, 1.82) is 0 Å². The van der Waals surface area contributed by atoms with Gasteiger partial charge < -0.3 is 4.57 Å². The Hall–Kier alpha value is -1.08. The highest BCUT2D eigenvalue weighted by Crippen LogP contribution is 2.30. The monoisotopic (exact) mass is 305 g/mol. The number of carbonyl (C=O) groups excluding carboxylic acids is 1. The first-order valence-electron chi connectivity index (χ1n) is 6.10. The van der Waals surface area contributed by atoms with Gasteiger partial charge in [0.1, 0.15) is 5.15 Å². The van der Waals surface area contributed by atoms with E-state index in [9.17, 15) is 13.2 Å².